The van der Waals surface area contributed by atoms with E-state index in [0.717, 1.165) is 19.4 Å². The summed E-state index contributed by atoms with van der Waals surface area (Å²) in [5.41, 5.74) is -0.0751. The molecule has 1 rings (SSSR count). The molecule has 1 aliphatic heterocycles. The van der Waals surface area contributed by atoms with Crippen molar-refractivity contribution in [3.8, 4) is 0 Å². The fourth-order valence-electron chi connectivity index (χ4n) is 1.84. The Morgan fingerprint density at radius 1 is 1.50 bits per heavy atom. The van der Waals surface area contributed by atoms with Gasteiger partial charge in [-0.15, -0.1) is 0 Å². The highest BCUT2D eigenvalue weighted by molar-refractivity contribution is 7.89. The van der Waals surface area contributed by atoms with E-state index in [1.165, 1.54) is 0 Å². The third-order valence-corrected chi connectivity index (χ3v) is 4.31. The lowest BCUT2D eigenvalue weighted by atomic mass is 10.0. The molecular weight excluding hydrogens is 228 g/mol. The van der Waals surface area contributed by atoms with E-state index in [0.29, 0.717) is 19.6 Å². The molecule has 1 unspecified atom stereocenters. The number of methoxy groups -OCH3 is 1. The van der Waals surface area contributed by atoms with Gasteiger partial charge >= 0.3 is 0 Å². The average Bonchev–Trinajstić information content (AvgIpc) is 2.64. The van der Waals surface area contributed by atoms with Crippen molar-refractivity contribution < 1.29 is 13.2 Å². The maximum atomic E-state index is 11.6. The van der Waals surface area contributed by atoms with Crippen LogP contribution in [-0.4, -0.2) is 46.5 Å². The van der Waals surface area contributed by atoms with Gasteiger partial charge < -0.3 is 10.1 Å². The van der Waals surface area contributed by atoms with Crippen molar-refractivity contribution in [1.82, 2.24) is 10.0 Å². The molecule has 0 aliphatic carbocycles. The van der Waals surface area contributed by atoms with Gasteiger partial charge in [0.25, 0.3) is 0 Å². The third kappa shape index (κ3) is 4.78. The number of nitrogens with one attached hydrogen (secondary N) is 2. The first-order valence-corrected chi connectivity index (χ1v) is 7.34. The molecule has 0 aromatic heterocycles. The molecule has 2 N–H and O–H groups in total. The van der Waals surface area contributed by atoms with Crippen molar-refractivity contribution >= 4 is 10.0 Å². The maximum Gasteiger partial charge on any atom is 0.211 e. The number of hydrogen-bond acceptors (Lipinski definition) is 4. The van der Waals surface area contributed by atoms with Crippen LogP contribution in [0.2, 0.25) is 0 Å². The van der Waals surface area contributed by atoms with Crippen LogP contribution in [0, 0.1) is 0 Å². The van der Waals surface area contributed by atoms with Gasteiger partial charge in [-0.05, 0) is 32.7 Å². The molecule has 0 radical (unpaired) electrons. The van der Waals surface area contributed by atoms with Gasteiger partial charge in [-0.25, -0.2) is 13.1 Å². The lowest BCUT2D eigenvalue weighted by Crippen LogP contribution is -2.47. The highest BCUT2D eigenvalue weighted by atomic mass is 32.2. The summed E-state index contributed by atoms with van der Waals surface area (Å²) in [5.74, 6) is 0.136. The van der Waals surface area contributed by atoms with Crippen molar-refractivity contribution in [3.63, 3.8) is 0 Å². The molecule has 1 saturated heterocycles. The molecule has 0 aromatic rings. The van der Waals surface area contributed by atoms with Crippen LogP contribution in [0.4, 0.5) is 0 Å². The second kappa shape index (κ2) is 5.95. The first-order chi connectivity index (χ1) is 7.47. The van der Waals surface area contributed by atoms with Gasteiger partial charge in [-0.2, -0.15) is 0 Å². The number of rotatable bonds is 7. The Labute approximate surface area is 98.0 Å². The zero-order chi connectivity index (χ0) is 12.1. The normalized spacial score (nSPS) is 26.1. The van der Waals surface area contributed by atoms with Crippen molar-refractivity contribution in [1.29, 1.82) is 0 Å². The Morgan fingerprint density at radius 3 is 2.81 bits per heavy atom. The predicted octanol–water partition coefficient (Wildman–Crippen LogP) is 0.0844. The molecule has 0 aromatic carbocycles. The third-order valence-electron chi connectivity index (χ3n) is 2.90. The molecule has 6 heteroatoms. The zero-order valence-corrected chi connectivity index (χ0v) is 10.9. The second-order valence-corrected chi connectivity index (χ2v) is 6.50. The van der Waals surface area contributed by atoms with Crippen LogP contribution in [0.5, 0.6) is 0 Å². The summed E-state index contributed by atoms with van der Waals surface area (Å²) < 4.78 is 30.7. The number of hydrogen-bond donors (Lipinski definition) is 2. The Kier molecular flexibility index (Phi) is 5.17. The number of sulfonamides is 1. The monoisotopic (exact) mass is 250 g/mol. The van der Waals surface area contributed by atoms with Crippen LogP contribution in [0.3, 0.4) is 0 Å². The quantitative estimate of drug-likeness (QED) is 0.628. The first-order valence-electron chi connectivity index (χ1n) is 5.69. The van der Waals surface area contributed by atoms with Gasteiger partial charge in [-0.3, -0.25) is 0 Å². The Bertz CT molecular complexity index is 297. The maximum absolute atomic E-state index is 11.6. The highest BCUT2D eigenvalue weighted by Gasteiger charge is 2.29. The molecule has 1 fully saturated rings. The summed E-state index contributed by atoms with van der Waals surface area (Å²) in [4.78, 5) is 0. The van der Waals surface area contributed by atoms with E-state index < -0.39 is 10.0 Å². The summed E-state index contributed by atoms with van der Waals surface area (Å²) in [5, 5.41) is 3.32. The summed E-state index contributed by atoms with van der Waals surface area (Å²) in [6.07, 6.45) is 2.67. The van der Waals surface area contributed by atoms with Gasteiger partial charge in [0.2, 0.25) is 10.0 Å². The summed E-state index contributed by atoms with van der Waals surface area (Å²) in [6.45, 7) is 3.98. The fourth-order valence-corrected chi connectivity index (χ4v) is 3.02. The molecule has 5 nitrogen and oxygen atoms in total. The van der Waals surface area contributed by atoms with E-state index in [1.807, 2.05) is 0 Å². The molecule has 0 amide bonds. The van der Waals surface area contributed by atoms with Crippen LogP contribution >= 0.6 is 0 Å². The molecule has 0 saturated carbocycles. The molecule has 1 atom stereocenters. The van der Waals surface area contributed by atoms with Gasteiger partial charge in [-0.1, -0.05) is 0 Å². The highest BCUT2D eigenvalue weighted by Crippen LogP contribution is 2.17. The van der Waals surface area contributed by atoms with E-state index in [9.17, 15) is 8.42 Å². The van der Waals surface area contributed by atoms with Crippen LogP contribution in [0.15, 0.2) is 0 Å². The van der Waals surface area contributed by atoms with Crippen LogP contribution < -0.4 is 10.0 Å². The van der Waals surface area contributed by atoms with Crippen LogP contribution in [-0.2, 0) is 14.8 Å². The SMILES string of the molecule is COCCCS(=O)(=O)NCC1(C)CCCN1. The van der Waals surface area contributed by atoms with Crippen LogP contribution in [0.25, 0.3) is 0 Å². The van der Waals surface area contributed by atoms with E-state index in [4.69, 9.17) is 4.74 Å². The Balaban J connectivity index is 2.30. The summed E-state index contributed by atoms with van der Waals surface area (Å²) in [7, 11) is -1.58. The molecule has 16 heavy (non-hydrogen) atoms. The van der Waals surface area contributed by atoms with Gasteiger partial charge in [0.05, 0.1) is 5.75 Å². The zero-order valence-electron chi connectivity index (χ0n) is 10.1. The molecule has 0 spiro atoms. The van der Waals surface area contributed by atoms with Gasteiger partial charge in [0, 0.05) is 25.8 Å². The molecule has 96 valence electrons. The smallest absolute Gasteiger partial charge is 0.211 e. The summed E-state index contributed by atoms with van der Waals surface area (Å²) in [6, 6.07) is 0. The standard InChI is InChI=1S/C10H22N2O3S/c1-10(5-3-6-11-10)9-12-16(13,14)8-4-7-15-2/h11-12H,3-9H2,1-2H3. The van der Waals surface area contributed by atoms with Crippen molar-refractivity contribution in [3.05, 3.63) is 0 Å². The van der Waals surface area contributed by atoms with Crippen molar-refractivity contribution in [2.24, 2.45) is 0 Å². The lowest BCUT2D eigenvalue weighted by molar-refractivity contribution is 0.199. The second-order valence-electron chi connectivity index (χ2n) is 4.58. The van der Waals surface area contributed by atoms with E-state index in [2.05, 4.69) is 17.0 Å². The molecule has 1 aliphatic rings. The average molecular weight is 250 g/mol. The molecule has 0 bridgehead atoms. The van der Waals surface area contributed by atoms with Gasteiger partial charge in [0.15, 0.2) is 0 Å². The minimum absolute atomic E-state index is 0.0751. The topological polar surface area (TPSA) is 67.4 Å². The Morgan fingerprint density at radius 2 is 2.25 bits per heavy atom. The van der Waals surface area contributed by atoms with Crippen molar-refractivity contribution in [2.75, 3.05) is 32.6 Å². The largest absolute Gasteiger partial charge is 0.385 e. The minimum atomic E-state index is -3.15. The Hall–Kier alpha value is -0.170. The van der Waals surface area contributed by atoms with E-state index in [-0.39, 0.29) is 11.3 Å². The minimum Gasteiger partial charge on any atom is -0.385 e. The predicted molar refractivity (Wildman–Crippen MR) is 63.9 cm³/mol. The van der Waals surface area contributed by atoms with Crippen LogP contribution in [0.1, 0.15) is 26.2 Å². The lowest BCUT2D eigenvalue weighted by Gasteiger charge is -2.24. The fraction of sp³-hybridized carbons (Fsp3) is 1.00. The van der Waals surface area contributed by atoms with Crippen molar-refractivity contribution in [2.45, 2.75) is 31.7 Å². The van der Waals surface area contributed by atoms with Gasteiger partial charge in [0.1, 0.15) is 0 Å². The molecular formula is C10H22N2O3S. The molecule has 1 heterocycles. The first kappa shape index (κ1) is 13.9. The number of ether oxygens (including phenoxy) is 1. The van der Waals surface area contributed by atoms with E-state index >= 15 is 0 Å². The summed E-state index contributed by atoms with van der Waals surface area (Å²) >= 11 is 0. The van der Waals surface area contributed by atoms with E-state index in [1.54, 1.807) is 7.11 Å².